The van der Waals surface area contributed by atoms with E-state index in [0.717, 1.165) is 18.6 Å². The molecule has 0 saturated heterocycles. The highest BCUT2D eigenvalue weighted by Crippen LogP contribution is 2.08. The predicted octanol–water partition coefficient (Wildman–Crippen LogP) is 1.34. The molecular formula is C12H26N2O2S. The Hall–Kier alpha value is -0.260. The van der Waals surface area contributed by atoms with Gasteiger partial charge in [-0.05, 0) is 38.2 Å². The van der Waals surface area contributed by atoms with E-state index in [1.807, 2.05) is 7.05 Å². The molecule has 0 aromatic rings. The summed E-state index contributed by atoms with van der Waals surface area (Å²) < 4.78 is 4.95. The van der Waals surface area contributed by atoms with Crippen molar-refractivity contribution in [3.63, 3.8) is 0 Å². The summed E-state index contributed by atoms with van der Waals surface area (Å²) in [6, 6.07) is -0.143. The first kappa shape index (κ1) is 16.7. The molecule has 0 bridgehead atoms. The highest BCUT2D eigenvalue weighted by atomic mass is 32.2. The molecule has 5 heteroatoms. The number of carbonyl (C=O) groups is 1. The number of nitrogens with two attached hydrogens (primary N) is 1. The van der Waals surface area contributed by atoms with E-state index in [-0.39, 0.29) is 11.9 Å². The molecule has 0 aliphatic heterocycles. The zero-order valence-electron chi connectivity index (χ0n) is 11.4. The molecule has 0 aromatic carbocycles. The first-order chi connectivity index (χ1) is 8.04. The minimum absolute atomic E-state index is 0.0368. The summed E-state index contributed by atoms with van der Waals surface area (Å²) >= 11 is 1.80. The summed E-state index contributed by atoms with van der Waals surface area (Å²) in [5, 5.41) is 0. The highest BCUT2D eigenvalue weighted by molar-refractivity contribution is 7.98. The van der Waals surface area contributed by atoms with E-state index in [2.05, 4.69) is 13.2 Å². The predicted molar refractivity (Wildman–Crippen MR) is 74.3 cm³/mol. The molecule has 0 spiro atoms. The van der Waals surface area contributed by atoms with Crippen molar-refractivity contribution in [2.75, 3.05) is 32.8 Å². The number of ether oxygens (including phenoxy) is 1. The summed E-state index contributed by atoms with van der Waals surface area (Å²) in [7, 11) is 3.49. The number of hydrogen-bond acceptors (Lipinski definition) is 4. The van der Waals surface area contributed by atoms with Crippen molar-refractivity contribution in [3.05, 3.63) is 0 Å². The van der Waals surface area contributed by atoms with E-state index in [0.29, 0.717) is 13.0 Å². The Balaban J connectivity index is 4.00. The van der Waals surface area contributed by atoms with Gasteiger partial charge in [-0.15, -0.1) is 0 Å². The van der Waals surface area contributed by atoms with Gasteiger partial charge in [0, 0.05) is 26.8 Å². The lowest BCUT2D eigenvalue weighted by atomic mass is 10.1. The largest absolute Gasteiger partial charge is 0.385 e. The van der Waals surface area contributed by atoms with E-state index < -0.39 is 6.04 Å². The first-order valence-corrected chi connectivity index (χ1v) is 7.44. The highest BCUT2D eigenvalue weighted by Gasteiger charge is 2.21. The van der Waals surface area contributed by atoms with Crippen LogP contribution in [0.3, 0.4) is 0 Å². The minimum atomic E-state index is -0.396. The lowest BCUT2D eigenvalue weighted by Crippen LogP contribution is -2.45. The third-order valence-electron chi connectivity index (χ3n) is 2.93. The van der Waals surface area contributed by atoms with Crippen molar-refractivity contribution in [1.29, 1.82) is 0 Å². The number of nitrogens with zero attached hydrogens (tertiary/aromatic N) is 1. The number of methoxy groups -OCH3 is 1. The molecular weight excluding hydrogens is 236 g/mol. The summed E-state index contributed by atoms with van der Waals surface area (Å²) in [5.41, 5.74) is 5.87. The van der Waals surface area contributed by atoms with Crippen LogP contribution in [0, 0.1) is 0 Å². The van der Waals surface area contributed by atoms with Crippen LogP contribution in [0.5, 0.6) is 0 Å². The second kappa shape index (κ2) is 9.74. The summed E-state index contributed by atoms with van der Waals surface area (Å²) in [6.45, 7) is 2.72. The molecule has 0 rings (SSSR count). The number of rotatable bonds is 9. The van der Waals surface area contributed by atoms with Gasteiger partial charge in [-0.25, -0.2) is 0 Å². The SMILES string of the molecule is COCCCC(N)C(=O)N(C)C(C)CCSC. The van der Waals surface area contributed by atoms with Crippen molar-refractivity contribution < 1.29 is 9.53 Å². The standard InChI is InChI=1S/C12H26N2O2S/c1-10(7-9-17-4)14(2)12(15)11(13)6-5-8-16-3/h10-11H,5-9,13H2,1-4H3. The van der Waals surface area contributed by atoms with Gasteiger partial charge >= 0.3 is 0 Å². The molecule has 1 amide bonds. The molecule has 0 fully saturated rings. The number of thioether (sulfide) groups is 1. The van der Waals surface area contributed by atoms with Gasteiger partial charge in [0.2, 0.25) is 5.91 Å². The monoisotopic (exact) mass is 262 g/mol. The molecule has 102 valence electrons. The maximum absolute atomic E-state index is 12.0. The van der Waals surface area contributed by atoms with Crippen molar-refractivity contribution >= 4 is 17.7 Å². The van der Waals surface area contributed by atoms with Gasteiger partial charge in [0.25, 0.3) is 0 Å². The van der Waals surface area contributed by atoms with Crippen molar-refractivity contribution in [2.45, 2.75) is 38.3 Å². The molecule has 0 heterocycles. The van der Waals surface area contributed by atoms with Crippen molar-refractivity contribution in [3.8, 4) is 0 Å². The van der Waals surface area contributed by atoms with E-state index in [4.69, 9.17) is 10.5 Å². The molecule has 2 N–H and O–H groups in total. The lowest BCUT2D eigenvalue weighted by molar-refractivity contribution is -0.133. The first-order valence-electron chi connectivity index (χ1n) is 6.04. The second-order valence-electron chi connectivity index (χ2n) is 4.32. The van der Waals surface area contributed by atoms with Gasteiger partial charge in [0.15, 0.2) is 0 Å². The average molecular weight is 262 g/mol. The molecule has 0 aromatic heterocycles. The van der Waals surface area contributed by atoms with Crippen LogP contribution < -0.4 is 5.73 Å². The van der Waals surface area contributed by atoms with E-state index in [1.54, 1.807) is 23.8 Å². The zero-order valence-corrected chi connectivity index (χ0v) is 12.3. The molecule has 0 aliphatic carbocycles. The fraction of sp³-hybridized carbons (Fsp3) is 0.917. The maximum atomic E-state index is 12.0. The fourth-order valence-corrected chi connectivity index (χ4v) is 2.11. The Morgan fingerprint density at radius 3 is 2.65 bits per heavy atom. The molecule has 0 saturated carbocycles. The molecule has 17 heavy (non-hydrogen) atoms. The average Bonchev–Trinajstić information content (AvgIpc) is 2.34. The van der Waals surface area contributed by atoms with Crippen molar-refractivity contribution in [1.82, 2.24) is 4.90 Å². The number of hydrogen-bond donors (Lipinski definition) is 1. The summed E-state index contributed by atoms with van der Waals surface area (Å²) in [5.74, 6) is 1.10. The van der Waals surface area contributed by atoms with Gasteiger partial charge in [-0.3, -0.25) is 4.79 Å². The summed E-state index contributed by atoms with van der Waals surface area (Å²) in [6.07, 6.45) is 4.60. The maximum Gasteiger partial charge on any atom is 0.239 e. The Kier molecular flexibility index (Phi) is 9.59. The quantitative estimate of drug-likeness (QED) is 0.637. The number of carbonyl (C=O) groups excluding carboxylic acids is 1. The van der Waals surface area contributed by atoms with E-state index in [9.17, 15) is 4.79 Å². The van der Waals surface area contributed by atoms with Crippen LogP contribution in [0.15, 0.2) is 0 Å². The minimum Gasteiger partial charge on any atom is -0.385 e. The van der Waals surface area contributed by atoms with E-state index in [1.165, 1.54) is 0 Å². The molecule has 0 radical (unpaired) electrons. The van der Waals surface area contributed by atoms with Crippen LogP contribution in [0.4, 0.5) is 0 Å². The van der Waals surface area contributed by atoms with Gasteiger partial charge in [0.1, 0.15) is 0 Å². The van der Waals surface area contributed by atoms with Gasteiger partial charge in [-0.1, -0.05) is 0 Å². The Morgan fingerprint density at radius 1 is 1.47 bits per heavy atom. The van der Waals surface area contributed by atoms with Crippen molar-refractivity contribution in [2.24, 2.45) is 5.73 Å². The fourth-order valence-electron chi connectivity index (χ4n) is 1.53. The number of likely N-dealkylation sites (N-methyl/N-ethyl adjacent to an activating group) is 1. The third kappa shape index (κ3) is 6.91. The van der Waals surface area contributed by atoms with Gasteiger partial charge in [0.05, 0.1) is 6.04 Å². The topological polar surface area (TPSA) is 55.6 Å². The van der Waals surface area contributed by atoms with Crippen LogP contribution in [0.1, 0.15) is 26.2 Å². The third-order valence-corrected chi connectivity index (χ3v) is 3.57. The van der Waals surface area contributed by atoms with Crippen LogP contribution in [0.2, 0.25) is 0 Å². The summed E-state index contributed by atoms with van der Waals surface area (Å²) in [4.78, 5) is 13.8. The lowest BCUT2D eigenvalue weighted by Gasteiger charge is -2.27. The molecule has 2 unspecified atom stereocenters. The Morgan fingerprint density at radius 2 is 2.12 bits per heavy atom. The smallest absolute Gasteiger partial charge is 0.239 e. The zero-order chi connectivity index (χ0) is 13.3. The van der Waals surface area contributed by atoms with E-state index >= 15 is 0 Å². The second-order valence-corrected chi connectivity index (χ2v) is 5.31. The Labute approximate surface area is 109 Å². The van der Waals surface area contributed by atoms with Crippen LogP contribution in [-0.4, -0.2) is 55.7 Å². The van der Waals surface area contributed by atoms with Crippen LogP contribution in [-0.2, 0) is 9.53 Å². The normalized spacial score (nSPS) is 14.4. The van der Waals surface area contributed by atoms with Crippen LogP contribution >= 0.6 is 11.8 Å². The Bertz CT molecular complexity index is 215. The number of amides is 1. The molecule has 2 atom stereocenters. The van der Waals surface area contributed by atoms with Crippen LogP contribution in [0.25, 0.3) is 0 Å². The van der Waals surface area contributed by atoms with Gasteiger partial charge < -0.3 is 15.4 Å². The molecule has 4 nitrogen and oxygen atoms in total. The van der Waals surface area contributed by atoms with Gasteiger partial charge in [-0.2, -0.15) is 11.8 Å². The molecule has 0 aliphatic rings.